The summed E-state index contributed by atoms with van der Waals surface area (Å²) in [6.07, 6.45) is 9.14. The first-order valence-electron chi connectivity index (χ1n) is 8.94. The van der Waals surface area contributed by atoms with Gasteiger partial charge >= 0.3 is 0 Å². The average molecular weight is 376 g/mol. The van der Waals surface area contributed by atoms with Gasteiger partial charge in [0.1, 0.15) is 5.82 Å². The molecule has 2 heterocycles. The van der Waals surface area contributed by atoms with E-state index in [1.807, 2.05) is 52.2 Å². The minimum atomic E-state index is 0.162. The number of nitrogens with zero attached hydrogens (tertiary/aromatic N) is 2. The van der Waals surface area contributed by atoms with Crippen LogP contribution in [-0.4, -0.2) is 33.0 Å². The molecule has 1 amide bonds. The van der Waals surface area contributed by atoms with Gasteiger partial charge in [-0.05, 0) is 19.3 Å². The first-order chi connectivity index (χ1) is 12.3. The first-order valence-corrected chi connectivity index (χ1v) is 11.3. The molecule has 6 heteroatoms. The molecular weight excluding hydrogens is 350 g/mol. The SMILES string of the molecule is O=C(CCCC[C@H]1CCSS1)NCCn1ccnc1-c1ccccc1. The van der Waals surface area contributed by atoms with E-state index in [9.17, 15) is 4.79 Å². The van der Waals surface area contributed by atoms with Gasteiger partial charge in [-0.3, -0.25) is 4.79 Å². The van der Waals surface area contributed by atoms with E-state index in [2.05, 4.69) is 27.0 Å². The maximum atomic E-state index is 12.0. The van der Waals surface area contributed by atoms with E-state index >= 15 is 0 Å². The zero-order valence-electron chi connectivity index (χ0n) is 14.4. The molecule has 0 radical (unpaired) electrons. The molecule has 4 nitrogen and oxygen atoms in total. The van der Waals surface area contributed by atoms with E-state index in [0.29, 0.717) is 13.0 Å². The number of benzene rings is 1. The summed E-state index contributed by atoms with van der Waals surface area (Å²) in [5.74, 6) is 2.39. The summed E-state index contributed by atoms with van der Waals surface area (Å²) in [4.78, 5) is 16.4. The molecule has 1 aromatic heterocycles. The van der Waals surface area contributed by atoms with Crippen molar-refractivity contribution in [3.8, 4) is 11.4 Å². The van der Waals surface area contributed by atoms with E-state index in [0.717, 1.165) is 36.0 Å². The molecule has 1 aromatic carbocycles. The zero-order valence-corrected chi connectivity index (χ0v) is 16.0. The average Bonchev–Trinajstić information content (AvgIpc) is 3.31. The van der Waals surface area contributed by atoms with Crippen LogP contribution in [0.5, 0.6) is 0 Å². The van der Waals surface area contributed by atoms with Crippen molar-refractivity contribution in [2.75, 3.05) is 12.3 Å². The number of hydrogen-bond acceptors (Lipinski definition) is 4. The highest BCUT2D eigenvalue weighted by Crippen LogP contribution is 2.39. The molecule has 134 valence electrons. The normalized spacial score (nSPS) is 16.9. The summed E-state index contributed by atoms with van der Waals surface area (Å²) in [6.45, 7) is 1.38. The number of carbonyl (C=O) groups excluding carboxylic acids is 1. The lowest BCUT2D eigenvalue weighted by Crippen LogP contribution is -2.27. The van der Waals surface area contributed by atoms with Gasteiger partial charge in [0, 0.05) is 48.5 Å². The second-order valence-electron chi connectivity index (χ2n) is 6.23. The number of imidazole rings is 1. The number of amides is 1. The number of carbonyl (C=O) groups is 1. The van der Waals surface area contributed by atoms with Gasteiger partial charge in [-0.15, -0.1) is 0 Å². The monoisotopic (exact) mass is 375 g/mol. The third-order valence-corrected chi connectivity index (χ3v) is 7.34. The third-order valence-electron chi connectivity index (χ3n) is 4.33. The first kappa shape index (κ1) is 18.4. The number of nitrogens with one attached hydrogen (secondary N) is 1. The number of hydrogen-bond donors (Lipinski definition) is 1. The number of aromatic nitrogens is 2. The van der Waals surface area contributed by atoms with Gasteiger partial charge in [-0.2, -0.15) is 0 Å². The smallest absolute Gasteiger partial charge is 0.220 e. The number of unbranched alkanes of at least 4 members (excludes halogenated alkanes) is 1. The van der Waals surface area contributed by atoms with Gasteiger partial charge in [-0.1, -0.05) is 58.3 Å². The molecule has 2 aromatic rings. The molecule has 1 fully saturated rings. The Morgan fingerprint density at radius 2 is 2.16 bits per heavy atom. The fourth-order valence-electron chi connectivity index (χ4n) is 2.96. The Kier molecular flexibility index (Phi) is 7.30. The molecule has 0 unspecified atom stereocenters. The Hall–Kier alpha value is -1.40. The summed E-state index contributed by atoms with van der Waals surface area (Å²) in [6, 6.07) is 10.1. The Labute approximate surface area is 157 Å². The lowest BCUT2D eigenvalue weighted by atomic mass is 10.1. The fraction of sp³-hybridized carbons (Fsp3) is 0.474. The summed E-state index contributed by atoms with van der Waals surface area (Å²) in [5, 5.41) is 3.84. The molecular formula is C19H25N3OS2. The standard InChI is InChI=1S/C19H25N3OS2/c23-18(9-5-4-8-17-10-15-24-25-17)20-11-13-22-14-12-21-19(22)16-6-2-1-3-7-16/h1-3,6-7,12,14,17H,4-5,8-11,13,15H2,(H,20,23)/t17-/m0/s1. The second kappa shape index (κ2) is 9.92. The van der Waals surface area contributed by atoms with Crippen LogP contribution in [0.4, 0.5) is 0 Å². The summed E-state index contributed by atoms with van der Waals surface area (Å²) < 4.78 is 2.09. The highest BCUT2D eigenvalue weighted by atomic mass is 33.1. The van der Waals surface area contributed by atoms with E-state index in [1.165, 1.54) is 18.6 Å². The maximum Gasteiger partial charge on any atom is 0.220 e. The van der Waals surface area contributed by atoms with Gasteiger partial charge in [0.2, 0.25) is 5.91 Å². The lowest BCUT2D eigenvalue weighted by Gasteiger charge is -2.10. The van der Waals surface area contributed by atoms with Crippen LogP contribution in [0.2, 0.25) is 0 Å². The van der Waals surface area contributed by atoms with Crippen LogP contribution in [0.15, 0.2) is 42.7 Å². The van der Waals surface area contributed by atoms with Crippen LogP contribution in [0.3, 0.4) is 0 Å². The minimum Gasteiger partial charge on any atom is -0.354 e. The Morgan fingerprint density at radius 1 is 1.28 bits per heavy atom. The van der Waals surface area contributed by atoms with Crippen molar-refractivity contribution in [1.82, 2.24) is 14.9 Å². The van der Waals surface area contributed by atoms with Crippen LogP contribution in [0, 0.1) is 0 Å². The van der Waals surface area contributed by atoms with Gasteiger partial charge in [0.15, 0.2) is 0 Å². The Morgan fingerprint density at radius 3 is 2.96 bits per heavy atom. The topological polar surface area (TPSA) is 46.9 Å². The van der Waals surface area contributed by atoms with Crippen molar-refractivity contribution in [2.24, 2.45) is 0 Å². The van der Waals surface area contributed by atoms with Crippen molar-refractivity contribution in [3.05, 3.63) is 42.7 Å². The molecule has 0 saturated carbocycles. The predicted molar refractivity (Wildman–Crippen MR) is 108 cm³/mol. The summed E-state index contributed by atoms with van der Waals surface area (Å²) in [5.41, 5.74) is 1.10. The van der Waals surface area contributed by atoms with Crippen LogP contribution >= 0.6 is 21.6 Å². The van der Waals surface area contributed by atoms with E-state index < -0.39 is 0 Å². The second-order valence-corrected chi connectivity index (χ2v) is 9.02. The highest BCUT2D eigenvalue weighted by Gasteiger charge is 2.15. The van der Waals surface area contributed by atoms with Gasteiger partial charge in [0.25, 0.3) is 0 Å². The van der Waals surface area contributed by atoms with Gasteiger partial charge in [-0.25, -0.2) is 4.98 Å². The summed E-state index contributed by atoms with van der Waals surface area (Å²) >= 11 is 0. The quantitative estimate of drug-likeness (QED) is 0.522. The van der Waals surface area contributed by atoms with Crippen molar-refractivity contribution in [3.63, 3.8) is 0 Å². The maximum absolute atomic E-state index is 12.0. The van der Waals surface area contributed by atoms with Crippen molar-refractivity contribution >= 4 is 27.5 Å². The predicted octanol–water partition coefficient (Wildman–Crippen LogP) is 4.38. The molecule has 0 bridgehead atoms. The molecule has 1 aliphatic heterocycles. The number of rotatable bonds is 9. The molecule has 3 rings (SSSR count). The van der Waals surface area contributed by atoms with Crippen LogP contribution < -0.4 is 5.32 Å². The van der Waals surface area contributed by atoms with E-state index in [1.54, 1.807) is 0 Å². The largest absolute Gasteiger partial charge is 0.354 e. The van der Waals surface area contributed by atoms with Gasteiger partial charge < -0.3 is 9.88 Å². The molecule has 1 aliphatic rings. The van der Waals surface area contributed by atoms with Crippen molar-refractivity contribution < 1.29 is 4.79 Å². The molecule has 1 atom stereocenters. The molecule has 0 spiro atoms. The minimum absolute atomic E-state index is 0.162. The summed E-state index contributed by atoms with van der Waals surface area (Å²) in [7, 11) is 4.01. The van der Waals surface area contributed by atoms with E-state index in [4.69, 9.17) is 0 Å². The molecule has 0 aliphatic carbocycles. The fourth-order valence-corrected chi connectivity index (χ4v) is 5.99. The van der Waals surface area contributed by atoms with Crippen molar-refractivity contribution in [1.29, 1.82) is 0 Å². The van der Waals surface area contributed by atoms with Crippen LogP contribution in [-0.2, 0) is 11.3 Å². The Bertz CT molecular complexity index is 654. The molecule has 1 N–H and O–H groups in total. The van der Waals surface area contributed by atoms with Crippen molar-refractivity contribution in [2.45, 2.75) is 43.9 Å². The van der Waals surface area contributed by atoms with Crippen LogP contribution in [0.25, 0.3) is 11.4 Å². The Balaban J connectivity index is 1.34. The zero-order chi connectivity index (χ0) is 17.3. The molecule has 1 saturated heterocycles. The molecule has 25 heavy (non-hydrogen) atoms. The van der Waals surface area contributed by atoms with Crippen LogP contribution in [0.1, 0.15) is 32.1 Å². The third kappa shape index (κ3) is 5.82. The van der Waals surface area contributed by atoms with Gasteiger partial charge in [0.05, 0.1) is 0 Å². The lowest BCUT2D eigenvalue weighted by molar-refractivity contribution is -0.121. The van der Waals surface area contributed by atoms with E-state index in [-0.39, 0.29) is 5.91 Å². The highest BCUT2D eigenvalue weighted by molar-refractivity contribution is 8.77.